The summed E-state index contributed by atoms with van der Waals surface area (Å²) in [6, 6.07) is -0.607. The van der Waals surface area contributed by atoms with Gasteiger partial charge in [0, 0.05) is 6.54 Å². The van der Waals surface area contributed by atoms with Crippen molar-refractivity contribution in [3.63, 3.8) is 0 Å². The third kappa shape index (κ3) is 7.64. The first-order chi connectivity index (χ1) is 10.3. The van der Waals surface area contributed by atoms with Crippen LogP contribution in [0.25, 0.3) is 0 Å². The Kier molecular flexibility index (Phi) is 7.65. The first-order valence-corrected chi connectivity index (χ1v) is 8.20. The standard InChI is InChI=1S/C16H30N2O4/c1-16(2,3)22-15(21)18-13(14(20)17-9-10-19)11-12-7-5-4-6-8-12/h12-13,19H,4-11H2,1-3H3,(H,17,20)(H,18,21)/t13-/m1/s1. The molecule has 0 unspecified atom stereocenters. The molecule has 3 N–H and O–H groups in total. The Labute approximate surface area is 133 Å². The molecule has 1 aliphatic rings. The molecule has 0 bridgehead atoms. The van der Waals surface area contributed by atoms with Crippen LogP contribution in [0.1, 0.15) is 59.3 Å². The second kappa shape index (κ2) is 8.98. The summed E-state index contributed by atoms with van der Waals surface area (Å²) >= 11 is 0. The van der Waals surface area contributed by atoms with Crippen molar-refractivity contribution in [1.29, 1.82) is 0 Å². The molecule has 0 saturated heterocycles. The lowest BCUT2D eigenvalue weighted by atomic mass is 9.84. The lowest BCUT2D eigenvalue weighted by Gasteiger charge is -2.27. The third-order valence-corrected chi connectivity index (χ3v) is 3.71. The number of hydrogen-bond donors (Lipinski definition) is 3. The molecule has 22 heavy (non-hydrogen) atoms. The fraction of sp³-hybridized carbons (Fsp3) is 0.875. The molecule has 6 nitrogen and oxygen atoms in total. The zero-order valence-electron chi connectivity index (χ0n) is 14.0. The SMILES string of the molecule is CC(C)(C)OC(=O)N[C@H](CC1CCCCC1)C(=O)NCCO. The molecule has 1 atom stereocenters. The van der Waals surface area contributed by atoms with E-state index in [-0.39, 0.29) is 19.1 Å². The van der Waals surface area contributed by atoms with Gasteiger partial charge < -0.3 is 20.5 Å². The molecule has 1 saturated carbocycles. The van der Waals surface area contributed by atoms with Crippen molar-refractivity contribution < 1.29 is 19.4 Å². The van der Waals surface area contributed by atoms with Gasteiger partial charge in [-0.25, -0.2) is 4.79 Å². The minimum absolute atomic E-state index is 0.117. The molecule has 0 aromatic rings. The Hall–Kier alpha value is -1.30. The predicted molar refractivity (Wildman–Crippen MR) is 84.4 cm³/mol. The molecule has 1 rings (SSSR count). The number of carbonyl (C=O) groups excluding carboxylic acids is 2. The Balaban J connectivity index is 2.59. The lowest BCUT2D eigenvalue weighted by Crippen LogP contribution is -2.49. The molecule has 128 valence electrons. The van der Waals surface area contributed by atoms with Gasteiger partial charge in [-0.15, -0.1) is 0 Å². The van der Waals surface area contributed by atoms with Crippen molar-refractivity contribution in [2.45, 2.75) is 70.9 Å². The summed E-state index contributed by atoms with van der Waals surface area (Å²) in [5.74, 6) is 0.194. The Bertz CT molecular complexity index is 360. The van der Waals surface area contributed by atoms with Crippen molar-refractivity contribution in [3.05, 3.63) is 0 Å². The second-order valence-electron chi connectivity index (χ2n) is 6.95. The van der Waals surface area contributed by atoms with Gasteiger partial charge in [0.1, 0.15) is 11.6 Å². The molecular formula is C16H30N2O4. The van der Waals surface area contributed by atoms with E-state index in [2.05, 4.69) is 10.6 Å². The van der Waals surface area contributed by atoms with Gasteiger partial charge in [0.25, 0.3) is 0 Å². The summed E-state index contributed by atoms with van der Waals surface area (Å²) in [5, 5.41) is 14.1. The smallest absolute Gasteiger partial charge is 0.408 e. The lowest BCUT2D eigenvalue weighted by molar-refractivity contribution is -0.123. The Morgan fingerprint density at radius 2 is 1.86 bits per heavy atom. The minimum Gasteiger partial charge on any atom is -0.444 e. The third-order valence-electron chi connectivity index (χ3n) is 3.71. The molecular weight excluding hydrogens is 284 g/mol. The summed E-state index contributed by atoms with van der Waals surface area (Å²) in [6.07, 6.45) is 5.85. The van der Waals surface area contributed by atoms with E-state index >= 15 is 0 Å². The summed E-state index contributed by atoms with van der Waals surface area (Å²) in [5.41, 5.74) is -0.596. The number of amides is 2. The van der Waals surface area contributed by atoms with E-state index in [4.69, 9.17) is 9.84 Å². The summed E-state index contributed by atoms with van der Waals surface area (Å²) in [6.45, 7) is 5.43. The van der Waals surface area contributed by atoms with Crippen LogP contribution in [0.15, 0.2) is 0 Å². The molecule has 0 radical (unpaired) electrons. The van der Waals surface area contributed by atoms with E-state index in [0.717, 1.165) is 12.8 Å². The van der Waals surface area contributed by atoms with E-state index in [0.29, 0.717) is 12.3 Å². The zero-order valence-corrected chi connectivity index (χ0v) is 14.0. The minimum atomic E-state index is -0.607. The van der Waals surface area contributed by atoms with Gasteiger partial charge >= 0.3 is 6.09 Å². The van der Waals surface area contributed by atoms with Gasteiger partial charge in [0.15, 0.2) is 0 Å². The molecule has 2 amide bonds. The van der Waals surface area contributed by atoms with Crippen LogP contribution in [-0.2, 0) is 9.53 Å². The maximum Gasteiger partial charge on any atom is 0.408 e. The molecule has 0 aromatic carbocycles. The van der Waals surface area contributed by atoms with E-state index < -0.39 is 17.7 Å². The van der Waals surface area contributed by atoms with E-state index in [1.165, 1.54) is 19.3 Å². The van der Waals surface area contributed by atoms with Gasteiger partial charge in [-0.3, -0.25) is 4.79 Å². The fourth-order valence-electron chi connectivity index (χ4n) is 2.74. The maximum absolute atomic E-state index is 12.2. The van der Waals surface area contributed by atoms with Crippen LogP contribution in [0, 0.1) is 5.92 Å². The topological polar surface area (TPSA) is 87.7 Å². The van der Waals surface area contributed by atoms with Crippen LogP contribution < -0.4 is 10.6 Å². The molecule has 0 heterocycles. The normalized spacial score (nSPS) is 17.6. The summed E-state index contributed by atoms with van der Waals surface area (Å²) in [4.78, 5) is 24.1. The highest BCUT2D eigenvalue weighted by molar-refractivity contribution is 5.85. The Morgan fingerprint density at radius 1 is 1.23 bits per heavy atom. The van der Waals surface area contributed by atoms with Gasteiger partial charge in [0.05, 0.1) is 6.61 Å². The van der Waals surface area contributed by atoms with Crippen LogP contribution in [0.5, 0.6) is 0 Å². The molecule has 0 aromatic heterocycles. The molecule has 1 fully saturated rings. The average molecular weight is 314 g/mol. The Morgan fingerprint density at radius 3 is 2.41 bits per heavy atom. The maximum atomic E-state index is 12.2. The number of aliphatic hydroxyl groups excluding tert-OH is 1. The number of nitrogens with one attached hydrogen (secondary N) is 2. The number of ether oxygens (including phenoxy) is 1. The van der Waals surface area contributed by atoms with E-state index in [1.807, 2.05) is 0 Å². The molecule has 0 spiro atoms. The van der Waals surface area contributed by atoms with Crippen molar-refractivity contribution in [2.75, 3.05) is 13.2 Å². The molecule has 0 aliphatic heterocycles. The van der Waals surface area contributed by atoms with Crippen molar-refractivity contribution in [1.82, 2.24) is 10.6 Å². The van der Waals surface area contributed by atoms with Gasteiger partial charge in [-0.1, -0.05) is 32.1 Å². The predicted octanol–water partition coefficient (Wildman–Crippen LogP) is 1.96. The number of aliphatic hydroxyl groups is 1. The first kappa shape index (κ1) is 18.7. The largest absolute Gasteiger partial charge is 0.444 e. The van der Waals surface area contributed by atoms with Crippen LogP contribution in [-0.4, -0.2) is 41.9 Å². The van der Waals surface area contributed by atoms with Gasteiger partial charge in [0.2, 0.25) is 5.91 Å². The summed E-state index contributed by atoms with van der Waals surface area (Å²) in [7, 11) is 0. The van der Waals surface area contributed by atoms with Crippen molar-refractivity contribution in [3.8, 4) is 0 Å². The van der Waals surface area contributed by atoms with Crippen LogP contribution in [0.4, 0.5) is 4.79 Å². The average Bonchev–Trinajstić information content (AvgIpc) is 2.43. The number of rotatable bonds is 6. The highest BCUT2D eigenvalue weighted by Gasteiger charge is 2.27. The molecule has 1 aliphatic carbocycles. The highest BCUT2D eigenvalue weighted by Crippen LogP contribution is 2.27. The van der Waals surface area contributed by atoms with Crippen molar-refractivity contribution in [2.24, 2.45) is 5.92 Å². The number of carbonyl (C=O) groups is 2. The van der Waals surface area contributed by atoms with Crippen LogP contribution in [0.2, 0.25) is 0 Å². The zero-order chi connectivity index (χ0) is 16.6. The van der Waals surface area contributed by atoms with Crippen LogP contribution >= 0.6 is 0 Å². The number of hydrogen-bond acceptors (Lipinski definition) is 4. The van der Waals surface area contributed by atoms with Crippen LogP contribution in [0.3, 0.4) is 0 Å². The van der Waals surface area contributed by atoms with Gasteiger partial charge in [-0.2, -0.15) is 0 Å². The van der Waals surface area contributed by atoms with E-state index in [1.54, 1.807) is 20.8 Å². The summed E-state index contributed by atoms with van der Waals surface area (Å²) < 4.78 is 5.23. The fourth-order valence-corrected chi connectivity index (χ4v) is 2.74. The monoisotopic (exact) mass is 314 g/mol. The van der Waals surface area contributed by atoms with Crippen molar-refractivity contribution >= 4 is 12.0 Å². The molecule has 6 heteroatoms. The number of alkyl carbamates (subject to hydrolysis) is 1. The first-order valence-electron chi connectivity index (χ1n) is 8.20. The quantitative estimate of drug-likeness (QED) is 0.699. The van der Waals surface area contributed by atoms with E-state index in [9.17, 15) is 9.59 Å². The van der Waals surface area contributed by atoms with Gasteiger partial charge in [-0.05, 0) is 33.1 Å². The highest BCUT2D eigenvalue weighted by atomic mass is 16.6. The second-order valence-corrected chi connectivity index (χ2v) is 6.95.